The summed E-state index contributed by atoms with van der Waals surface area (Å²) in [5.41, 5.74) is 1.90. The highest BCUT2D eigenvalue weighted by Gasteiger charge is 2.38. The van der Waals surface area contributed by atoms with Crippen molar-refractivity contribution in [2.45, 2.75) is 49.4 Å². The summed E-state index contributed by atoms with van der Waals surface area (Å²) in [6.07, 6.45) is 3.86. The summed E-state index contributed by atoms with van der Waals surface area (Å²) < 4.78 is 38.1. The Kier molecular flexibility index (Phi) is 8.32. The molecule has 1 aliphatic carbocycles. The number of thioether (sulfide) groups is 1. The molecular formula is C25H29N3O6S2. The van der Waals surface area contributed by atoms with Crippen LogP contribution in [0.1, 0.15) is 30.4 Å². The van der Waals surface area contributed by atoms with Crippen LogP contribution in [0.3, 0.4) is 0 Å². The van der Waals surface area contributed by atoms with Gasteiger partial charge in [0.2, 0.25) is 5.91 Å². The van der Waals surface area contributed by atoms with E-state index in [2.05, 4.69) is 5.32 Å². The second-order valence-electron chi connectivity index (χ2n) is 8.93. The largest absolute Gasteiger partial charge is 0.468 e. The van der Waals surface area contributed by atoms with Gasteiger partial charge in [-0.2, -0.15) is 8.42 Å². The summed E-state index contributed by atoms with van der Waals surface area (Å²) in [4.78, 5) is 30.8. The molecule has 2 unspecified atom stereocenters. The van der Waals surface area contributed by atoms with Crippen molar-refractivity contribution in [2.24, 2.45) is 10.9 Å². The number of aliphatic imine (C=N–C) groups is 1. The highest BCUT2D eigenvalue weighted by molar-refractivity contribution is 8.15. The first-order valence-corrected chi connectivity index (χ1v) is 14.0. The van der Waals surface area contributed by atoms with Gasteiger partial charge in [0.15, 0.2) is 0 Å². The first-order valence-electron chi connectivity index (χ1n) is 11.7. The molecule has 192 valence electrons. The Morgan fingerprint density at radius 3 is 2.42 bits per heavy atom. The van der Waals surface area contributed by atoms with Gasteiger partial charge in [-0.25, -0.2) is 0 Å². The average molecular weight is 532 g/mol. The molecule has 1 fully saturated rings. The minimum Gasteiger partial charge on any atom is -0.468 e. The van der Waals surface area contributed by atoms with Crippen molar-refractivity contribution in [1.82, 2.24) is 5.32 Å². The highest BCUT2D eigenvalue weighted by atomic mass is 32.2. The Morgan fingerprint density at radius 1 is 1.08 bits per heavy atom. The van der Waals surface area contributed by atoms with Gasteiger partial charge in [-0.3, -0.25) is 23.9 Å². The van der Waals surface area contributed by atoms with Crippen LogP contribution in [0.25, 0.3) is 0 Å². The van der Waals surface area contributed by atoms with E-state index in [1.807, 2.05) is 35.1 Å². The first kappa shape index (κ1) is 26.2. The number of benzene rings is 2. The van der Waals surface area contributed by atoms with Gasteiger partial charge < -0.3 is 10.1 Å². The van der Waals surface area contributed by atoms with Crippen LogP contribution in [0.2, 0.25) is 0 Å². The molecule has 2 aliphatic rings. The van der Waals surface area contributed by atoms with E-state index >= 15 is 0 Å². The molecule has 9 nitrogen and oxygen atoms in total. The molecule has 2 aromatic rings. The lowest BCUT2D eigenvalue weighted by molar-refractivity contribution is -0.150. The summed E-state index contributed by atoms with van der Waals surface area (Å²) in [6, 6.07) is 15.6. The summed E-state index contributed by atoms with van der Waals surface area (Å²) in [6.45, 7) is 0. The van der Waals surface area contributed by atoms with Crippen molar-refractivity contribution in [1.29, 1.82) is 0 Å². The SMILES string of the molecule is COC(=O)[C@@H](Cc1ccccc1)C(=O)N[C@@H](Cc1ccc(NS(=O)(=O)O)cc1)C1=NC2CCCC2S1. The van der Waals surface area contributed by atoms with E-state index < -0.39 is 34.1 Å². The van der Waals surface area contributed by atoms with E-state index in [1.165, 1.54) is 19.2 Å². The fraction of sp³-hybridized carbons (Fsp3) is 0.400. The van der Waals surface area contributed by atoms with Crippen molar-refractivity contribution in [2.75, 3.05) is 11.8 Å². The van der Waals surface area contributed by atoms with Gasteiger partial charge in [-0.1, -0.05) is 48.9 Å². The van der Waals surface area contributed by atoms with Crippen molar-refractivity contribution in [3.8, 4) is 0 Å². The van der Waals surface area contributed by atoms with Crippen LogP contribution < -0.4 is 10.0 Å². The fourth-order valence-electron chi connectivity index (χ4n) is 4.55. The molecule has 0 radical (unpaired) electrons. The Balaban J connectivity index is 1.54. The number of nitrogens with zero attached hydrogens (tertiary/aromatic N) is 1. The third-order valence-corrected chi connectivity index (χ3v) is 8.30. The lowest BCUT2D eigenvalue weighted by atomic mass is 9.97. The number of esters is 1. The summed E-state index contributed by atoms with van der Waals surface area (Å²) in [5, 5.41) is 4.28. The molecule has 0 bridgehead atoms. The van der Waals surface area contributed by atoms with Gasteiger partial charge >= 0.3 is 16.3 Å². The molecule has 1 saturated carbocycles. The van der Waals surface area contributed by atoms with Crippen molar-refractivity contribution in [3.63, 3.8) is 0 Å². The standard InChI is InChI=1S/C25H29N3O6S2/c1-34-25(30)19(14-16-6-3-2-4-7-16)23(29)26-21(24-27-20-8-5-9-22(20)35-24)15-17-10-12-18(13-11-17)28-36(31,32)33/h2-4,6-7,10-13,19-22,28H,5,8-9,14-15H2,1H3,(H,26,29)(H,31,32,33)/t19-,20?,21-,22?/m0/s1. The zero-order chi connectivity index (χ0) is 25.7. The normalized spacial score (nSPS) is 20.7. The third-order valence-electron chi connectivity index (χ3n) is 6.32. The second-order valence-corrected chi connectivity index (χ2v) is 11.3. The van der Waals surface area contributed by atoms with Crippen molar-refractivity contribution in [3.05, 3.63) is 65.7 Å². The predicted octanol–water partition coefficient (Wildman–Crippen LogP) is 3.03. The minimum absolute atomic E-state index is 0.215. The Labute approximate surface area is 215 Å². The van der Waals surface area contributed by atoms with Gasteiger partial charge in [-0.15, -0.1) is 11.8 Å². The molecule has 36 heavy (non-hydrogen) atoms. The van der Waals surface area contributed by atoms with Crippen LogP contribution in [-0.2, 0) is 37.5 Å². The van der Waals surface area contributed by atoms with Gasteiger partial charge in [0, 0.05) is 5.25 Å². The number of hydrogen-bond donors (Lipinski definition) is 3. The molecule has 4 rings (SSSR count). The summed E-state index contributed by atoms with van der Waals surface area (Å²) >= 11 is 1.69. The average Bonchev–Trinajstić information content (AvgIpc) is 3.45. The summed E-state index contributed by atoms with van der Waals surface area (Å²) in [7, 11) is -3.10. The van der Waals surface area contributed by atoms with Gasteiger partial charge in [-0.05, 0) is 48.9 Å². The van der Waals surface area contributed by atoms with Gasteiger partial charge in [0.25, 0.3) is 0 Å². The number of methoxy groups -OCH3 is 1. The number of hydrogen-bond acceptors (Lipinski definition) is 7. The predicted molar refractivity (Wildman–Crippen MR) is 139 cm³/mol. The molecule has 4 atom stereocenters. The van der Waals surface area contributed by atoms with Crippen LogP contribution in [0.15, 0.2) is 59.6 Å². The lowest BCUT2D eigenvalue weighted by Gasteiger charge is -2.22. The minimum atomic E-state index is -4.37. The Hall–Kier alpha value is -2.89. The van der Waals surface area contributed by atoms with E-state index in [-0.39, 0.29) is 18.2 Å². The fourth-order valence-corrected chi connectivity index (χ4v) is 6.44. The second kappa shape index (κ2) is 11.4. The van der Waals surface area contributed by atoms with Crippen molar-refractivity contribution < 1.29 is 27.3 Å². The monoisotopic (exact) mass is 531 g/mol. The smallest absolute Gasteiger partial charge is 0.357 e. The van der Waals surface area contributed by atoms with E-state index in [9.17, 15) is 18.0 Å². The molecule has 2 aromatic carbocycles. The molecule has 1 amide bonds. The maximum atomic E-state index is 13.4. The van der Waals surface area contributed by atoms with E-state index in [4.69, 9.17) is 14.3 Å². The van der Waals surface area contributed by atoms with Crippen molar-refractivity contribution >= 4 is 44.7 Å². The number of fused-ring (bicyclic) bond motifs is 1. The molecule has 1 heterocycles. The number of carbonyl (C=O) groups excluding carboxylic acids is 2. The van der Waals surface area contributed by atoms with Crippen LogP contribution in [-0.4, -0.2) is 54.3 Å². The molecule has 0 spiro atoms. The molecular weight excluding hydrogens is 502 g/mol. The number of carbonyl (C=O) groups is 2. The van der Waals surface area contributed by atoms with E-state index in [1.54, 1.807) is 23.9 Å². The zero-order valence-corrected chi connectivity index (χ0v) is 21.4. The summed E-state index contributed by atoms with van der Waals surface area (Å²) in [5.74, 6) is -2.04. The number of ether oxygens (including phenoxy) is 1. The zero-order valence-electron chi connectivity index (χ0n) is 19.8. The number of nitrogens with one attached hydrogen (secondary N) is 2. The molecule has 3 N–H and O–H groups in total. The maximum absolute atomic E-state index is 13.4. The Bertz CT molecular complexity index is 1220. The number of anilines is 1. The number of amides is 1. The molecule has 11 heteroatoms. The first-order chi connectivity index (χ1) is 17.2. The quantitative estimate of drug-likeness (QED) is 0.244. The molecule has 1 aliphatic heterocycles. The van der Waals surface area contributed by atoms with Crippen LogP contribution in [0.4, 0.5) is 5.69 Å². The van der Waals surface area contributed by atoms with Crippen LogP contribution in [0.5, 0.6) is 0 Å². The van der Waals surface area contributed by atoms with Gasteiger partial charge in [0.05, 0.1) is 29.9 Å². The maximum Gasteiger partial charge on any atom is 0.357 e. The van der Waals surface area contributed by atoms with Crippen LogP contribution in [0, 0.1) is 5.92 Å². The third kappa shape index (κ3) is 6.86. The highest BCUT2D eigenvalue weighted by Crippen LogP contribution is 2.39. The lowest BCUT2D eigenvalue weighted by Crippen LogP contribution is -2.46. The Morgan fingerprint density at radius 2 is 1.78 bits per heavy atom. The molecule has 0 saturated heterocycles. The number of rotatable bonds is 10. The van der Waals surface area contributed by atoms with Gasteiger partial charge in [0.1, 0.15) is 5.92 Å². The molecule has 0 aromatic heterocycles. The van der Waals surface area contributed by atoms with E-state index in [0.717, 1.165) is 35.4 Å². The topological polar surface area (TPSA) is 134 Å². The van der Waals surface area contributed by atoms with Crippen LogP contribution >= 0.6 is 11.8 Å². The van der Waals surface area contributed by atoms with E-state index in [0.29, 0.717) is 11.7 Å².